The second-order valence-corrected chi connectivity index (χ2v) is 6.48. The summed E-state index contributed by atoms with van der Waals surface area (Å²) >= 11 is 0. The minimum atomic E-state index is -3.51. The molecule has 0 aromatic heterocycles. The molecule has 1 aromatic rings. The van der Waals surface area contributed by atoms with Crippen LogP contribution in [0.5, 0.6) is 5.75 Å². The highest BCUT2D eigenvalue weighted by Crippen LogP contribution is 2.15. The van der Waals surface area contributed by atoms with E-state index >= 15 is 0 Å². The van der Waals surface area contributed by atoms with Crippen LogP contribution >= 0.6 is 0 Å². The molecule has 0 radical (unpaired) electrons. The van der Waals surface area contributed by atoms with Gasteiger partial charge in [0, 0.05) is 12.1 Å². The van der Waals surface area contributed by atoms with Crippen molar-refractivity contribution in [2.45, 2.75) is 31.2 Å². The molecule has 3 N–H and O–H groups in total. The van der Waals surface area contributed by atoms with E-state index in [1.807, 2.05) is 6.92 Å². The van der Waals surface area contributed by atoms with Gasteiger partial charge in [0.05, 0.1) is 11.5 Å². The van der Waals surface area contributed by atoms with E-state index in [9.17, 15) is 8.42 Å². The van der Waals surface area contributed by atoms with Crippen LogP contribution in [0.15, 0.2) is 29.2 Å². The number of ether oxygens (including phenoxy) is 1. The van der Waals surface area contributed by atoms with E-state index in [1.54, 1.807) is 26.0 Å². The summed E-state index contributed by atoms with van der Waals surface area (Å²) in [5, 5.41) is 0. The number of hydrogen-bond acceptors (Lipinski definition) is 4. The molecule has 0 aliphatic rings. The maximum Gasteiger partial charge on any atom is 0.240 e. The maximum absolute atomic E-state index is 11.9. The second kappa shape index (κ2) is 5.69. The molecule has 1 rings (SSSR count). The molecule has 0 aliphatic heterocycles. The van der Waals surface area contributed by atoms with Crippen LogP contribution < -0.4 is 15.2 Å². The molecule has 0 atom stereocenters. The lowest BCUT2D eigenvalue weighted by molar-refractivity contribution is 0.340. The predicted molar refractivity (Wildman–Crippen MR) is 71.1 cm³/mol. The van der Waals surface area contributed by atoms with Crippen molar-refractivity contribution in [3.63, 3.8) is 0 Å². The molecule has 5 nitrogen and oxygen atoms in total. The third-order valence-electron chi connectivity index (χ3n) is 2.16. The Kier molecular flexibility index (Phi) is 4.72. The van der Waals surface area contributed by atoms with Gasteiger partial charge in [0.15, 0.2) is 0 Å². The van der Waals surface area contributed by atoms with Gasteiger partial charge in [0.2, 0.25) is 10.0 Å². The van der Waals surface area contributed by atoms with Gasteiger partial charge in [-0.1, -0.05) is 0 Å². The Hall–Kier alpha value is -1.11. The quantitative estimate of drug-likeness (QED) is 0.812. The van der Waals surface area contributed by atoms with E-state index in [1.165, 1.54) is 12.1 Å². The van der Waals surface area contributed by atoms with Gasteiger partial charge in [0.25, 0.3) is 0 Å². The molecule has 0 heterocycles. The van der Waals surface area contributed by atoms with E-state index in [4.69, 9.17) is 10.5 Å². The fourth-order valence-electron chi connectivity index (χ4n) is 1.25. The summed E-state index contributed by atoms with van der Waals surface area (Å²) in [6, 6.07) is 6.28. The number of rotatable bonds is 6. The van der Waals surface area contributed by atoms with Crippen molar-refractivity contribution < 1.29 is 13.2 Å². The molecule has 102 valence electrons. The van der Waals surface area contributed by atoms with Crippen molar-refractivity contribution in [3.8, 4) is 5.75 Å². The van der Waals surface area contributed by atoms with Crippen LogP contribution in [0.25, 0.3) is 0 Å². The Morgan fingerprint density at radius 3 is 2.28 bits per heavy atom. The van der Waals surface area contributed by atoms with Crippen molar-refractivity contribution in [3.05, 3.63) is 24.3 Å². The van der Waals surface area contributed by atoms with Gasteiger partial charge in [-0.25, -0.2) is 13.1 Å². The monoisotopic (exact) mass is 272 g/mol. The first-order valence-electron chi connectivity index (χ1n) is 5.76. The summed E-state index contributed by atoms with van der Waals surface area (Å²) in [7, 11) is -3.51. The zero-order valence-electron chi connectivity index (χ0n) is 10.9. The van der Waals surface area contributed by atoms with Crippen molar-refractivity contribution in [2.75, 3.05) is 13.2 Å². The molecule has 0 saturated heterocycles. The van der Waals surface area contributed by atoms with Gasteiger partial charge in [-0.2, -0.15) is 0 Å². The van der Waals surface area contributed by atoms with Gasteiger partial charge >= 0.3 is 0 Å². The third kappa shape index (κ3) is 4.64. The third-order valence-corrected chi connectivity index (χ3v) is 3.58. The highest BCUT2D eigenvalue weighted by molar-refractivity contribution is 7.89. The molecule has 1 aromatic carbocycles. The first-order chi connectivity index (χ1) is 8.24. The Bertz CT molecular complexity index is 475. The number of nitrogens with one attached hydrogen (secondary N) is 1. The molecule has 0 aliphatic carbocycles. The summed E-state index contributed by atoms with van der Waals surface area (Å²) in [4.78, 5) is 0.204. The average molecular weight is 272 g/mol. The lowest BCUT2D eigenvalue weighted by Gasteiger charge is -2.19. The first kappa shape index (κ1) is 14.9. The van der Waals surface area contributed by atoms with Crippen LogP contribution in [-0.4, -0.2) is 27.1 Å². The van der Waals surface area contributed by atoms with E-state index in [0.717, 1.165) is 0 Å². The Balaban J connectivity index is 2.79. The molecule has 0 amide bonds. The lowest BCUT2D eigenvalue weighted by Crippen LogP contribution is -2.45. The smallest absolute Gasteiger partial charge is 0.240 e. The van der Waals surface area contributed by atoms with E-state index < -0.39 is 15.6 Å². The summed E-state index contributed by atoms with van der Waals surface area (Å²) in [5.74, 6) is 0.649. The fraction of sp³-hybridized carbons (Fsp3) is 0.500. The van der Waals surface area contributed by atoms with Crippen molar-refractivity contribution in [1.29, 1.82) is 0 Å². The predicted octanol–water partition coefficient (Wildman–Crippen LogP) is 1.10. The molecule has 6 heteroatoms. The fourth-order valence-corrected chi connectivity index (χ4v) is 2.47. The van der Waals surface area contributed by atoms with E-state index in [0.29, 0.717) is 12.4 Å². The first-order valence-corrected chi connectivity index (χ1v) is 7.24. The van der Waals surface area contributed by atoms with Gasteiger partial charge < -0.3 is 10.5 Å². The van der Waals surface area contributed by atoms with Crippen LogP contribution in [0.1, 0.15) is 20.8 Å². The van der Waals surface area contributed by atoms with Gasteiger partial charge in [0.1, 0.15) is 5.75 Å². The number of sulfonamides is 1. The Morgan fingerprint density at radius 1 is 1.28 bits per heavy atom. The van der Waals surface area contributed by atoms with Crippen LogP contribution in [0.2, 0.25) is 0 Å². The van der Waals surface area contributed by atoms with Crippen LogP contribution in [0, 0.1) is 0 Å². The Morgan fingerprint density at radius 2 is 1.83 bits per heavy atom. The molecule has 0 saturated carbocycles. The van der Waals surface area contributed by atoms with Crippen LogP contribution in [0.4, 0.5) is 0 Å². The van der Waals surface area contributed by atoms with E-state index in [2.05, 4.69) is 4.72 Å². The highest BCUT2D eigenvalue weighted by atomic mass is 32.2. The minimum Gasteiger partial charge on any atom is -0.494 e. The van der Waals surface area contributed by atoms with Crippen molar-refractivity contribution >= 4 is 10.0 Å². The molecular formula is C12H20N2O3S. The minimum absolute atomic E-state index is 0.183. The molecule has 0 fully saturated rings. The van der Waals surface area contributed by atoms with Gasteiger partial charge in [-0.3, -0.25) is 0 Å². The molecule has 0 unspecified atom stereocenters. The topological polar surface area (TPSA) is 81.4 Å². The molecule has 18 heavy (non-hydrogen) atoms. The van der Waals surface area contributed by atoms with E-state index in [-0.39, 0.29) is 11.4 Å². The summed E-state index contributed by atoms with van der Waals surface area (Å²) in [5.41, 5.74) is 5.15. The van der Waals surface area contributed by atoms with Crippen molar-refractivity contribution in [1.82, 2.24) is 4.72 Å². The number of nitrogens with two attached hydrogens (primary N) is 1. The largest absolute Gasteiger partial charge is 0.494 e. The Labute approximate surface area is 108 Å². The molecule has 0 spiro atoms. The molecule has 0 bridgehead atoms. The average Bonchev–Trinajstić information content (AvgIpc) is 2.27. The summed E-state index contributed by atoms with van der Waals surface area (Å²) < 4.78 is 31.6. The van der Waals surface area contributed by atoms with Gasteiger partial charge in [-0.05, 0) is 45.0 Å². The zero-order valence-corrected chi connectivity index (χ0v) is 11.8. The SMILES string of the molecule is CCOc1ccc(S(=O)(=O)NCC(C)(C)N)cc1. The molecular weight excluding hydrogens is 252 g/mol. The highest BCUT2D eigenvalue weighted by Gasteiger charge is 2.18. The van der Waals surface area contributed by atoms with Gasteiger partial charge in [-0.15, -0.1) is 0 Å². The zero-order chi connectivity index (χ0) is 13.8. The normalized spacial score (nSPS) is 12.4. The number of hydrogen-bond donors (Lipinski definition) is 2. The second-order valence-electron chi connectivity index (χ2n) is 4.72. The standard InChI is InChI=1S/C12H20N2O3S/c1-4-17-10-5-7-11(8-6-10)18(15,16)14-9-12(2,3)13/h5-8,14H,4,9,13H2,1-3H3. The number of benzene rings is 1. The summed E-state index contributed by atoms with van der Waals surface area (Å²) in [6.45, 7) is 6.12. The van der Waals surface area contributed by atoms with Crippen LogP contribution in [0.3, 0.4) is 0 Å². The summed E-state index contributed by atoms with van der Waals surface area (Å²) in [6.07, 6.45) is 0. The van der Waals surface area contributed by atoms with Crippen LogP contribution in [-0.2, 0) is 10.0 Å². The van der Waals surface area contributed by atoms with Crippen molar-refractivity contribution in [2.24, 2.45) is 5.73 Å². The maximum atomic E-state index is 11.9. The lowest BCUT2D eigenvalue weighted by atomic mass is 10.1.